The quantitative estimate of drug-likeness (QED) is 0.310. The second-order valence-corrected chi connectivity index (χ2v) is 8.92. The van der Waals surface area contributed by atoms with Gasteiger partial charge in [-0.2, -0.15) is 5.26 Å². The van der Waals surface area contributed by atoms with Gasteiger partial charge < -0.3 is 21.1 Å². The molecule has 10 nitrogen and oxygen atoms in total. The second-order valence-electron chi connectivity index (χ2n) is 8.92. The van der Waals surface area contributed by atoms with Gasteiger partial charge in [-0.25, -0.2) is 19.9 Å². The number of anilines is 2. The van der Waals surface area contributed by atoms with Crippen molar-refractivity contribution in [2.45, 2.75) is 6.54 Å². The third-order valence-corrected chi connectivity index (χ3v) is 6.25. The highest BCUT2D eigenvalue weighted by Crippen LogP contribution is 2.23. The van der Waals surface area contributed by atoms with Crippen molar-refractivity contribution in [2.24, 2.45) is 0 Å². The standard InChI is InChI=1S/C28H29N9O/c29-15-20-3-1-5-22(13-20)25-19-32-26(30)28(36-25)33-16-21-4-2-6-23(14-21)27-34-17-24(18-35-27)38-12-11-37-9-7-31-8-10-37/h1-6,13-14,17-19,31H,7-12,16H2,(H2,30,32)(H,33,36). The van der Waals surface area contributed by atoms with Gasteiger partial charge in [-0.1, -0.05) is 30.3 Å². The van der Waals surface area contributed by atoms with Crippen molar-refractivity contribution in [3.05, 3.63) is 78.2 Å². The zero-order valence-electron chi connectivity index (χ0n) is 21.0. The molecule has 0 spiro atoms. The molecule has 2 aromatic heterocycles. The SMILES string of the molecule is N#Cc1cccc(-c2cnc(N)c(NCc3cccc(-c4ncc(OCCN5CCNCC5)cn4)c3)n2)c1. The molecule has 1 fully saturated rings. The summed E-state index contributed by atoms with van der Waals surface area (Å²) < 4.78 is 5.84. The zero-order chi connectivity index (χ0) is 26.2. The summed E-state index contributed by atoms with van der Waals surface area (Å²) in [6, 6.07) is 17.3. The number of rotatable bonds is 9. The van der Waals surface area contributed by atoms with Crippen LogP contribution in [-0.2, 0) is 6.54 Å². The van der Waals surface area contributed by atoms with Crippen LogP contribution in [-0.4, -0.2) is 64.2 Å². The molecular formula is C28H29N9O. The highest BCUT2D eigenvalue weighted by molar-refractivity contribution is 5.66. The molecule has 0 saturated carbocycles. The van der Waals surface area contributed by atoms with Crippen molar-refractivity contribution in [1.82, 2.24) is 30.2 Å². The maximum Gasteiger partial charge on any atom is 0.169 e. The highest BCUT2D eigenvalue weighted by Gasteiger charge is 2.10. The van der Waals surface area contributed by atoms with Crippen molar-refractivity contribution < 1.29 is 4.74 Å². The Balaban J connectivity index is 1.20. The summed E-state index contributed by atoms with van der Waals surface area (Å²) in [5.41, 5.74) is 9.99. The maximum atomic E-state index is 9.18. The molecule has 38 heavy (non-hydrogen) atoms. The number of nitrogens with zero attached hydrogens (tertiary/aromatic N) is 6. The minimum atomic E-state index is 0.303. The average Bonchev–Trinajstić information content (AvgIpc) is 2.98. The number of aromatic nitrogens is 4. The number of nitrogen functional groups attached to an aromatic ring is 1. The van der Waals surface area contributed by atoms with E-state index in [1.807, 2.05) is 36.4 Å². The Labute approximate surface area is 221 Å². The van der Waals surface area contributed by atoms with Gasteiger partial charge in [0, 0.05) is 50.4 Å². The van der Waals surface area contributed by atoms with E-state index in [2.05, 4.69) is 41.5 Å². The van der Waals surface area contributed by atoms with Crippen molar-refractivity contribution in [3.8, 4) is 34.5 Å². The fraction of sp³-hybridized carbons (Fsp3) is 0.250. The second kappa shape index (κ2) is 12.1. The lowest BCUT2D eigenvalue weighted by molar-refractivity contribution is 0.191. The number of ether oxygens (including phenoxy) is 1. The lowest BCUT2D eigenvalue weighted by Crippen LogP contribution is -2.44. The lowest BCUT2D eigenvalue weighted by atomic mass is 10.1. The molecule has 0 radical (unpaired) electrons. The first kappa shape index (κ1) is 25.1. The summed E-state index contributed by atoms with van der Waals surface area (Å²) in [4.78, 5) is 20.3. The largest absolute Gasteiger partial charge is 0.489 e. The van der Waals surface area contributed by atoms with Crippen LogP contribution < -0.4 is 21.1 Å². The molecule has 0 atom stereocenters. The fourth-order valence-corrected chi connectivity index (χ4v) is 4.19. The molecule has 0 aliphatic carbocycles. The molecule has 4 N–H and O–H groups in total. The zero-order valence-corrected chi connectivity index (χ0v) is 21.0. The van der Waals surface area contributed by atoms with Gasteiger partial charge in [0.15, 0.2) is 23.2 Å². The van der Waals surface area contributed by atoms with Gasteiger partial charge >= 0.3 is 0 Å². The van der Waals surface area contributed by atoms with Crippen LogP contribution in [0.25, 0.3) is 22.6 Å². The third-order valence-electron chi connectivity index (χ3n) is 6.25. The van der Waals surface area contributed by atoms with Crippen LogP contribution in [0.3, 0.4) is 0 Å². The van der Waals surface area contributed by atoms with Crippen LogP contribution in [0, 0.1) is 11.3 Å². The normalized spacial score (nSPS) is 13.6. The summed E-state index contributed by atoms with van der Waals surface area (Å²) in [6.45, 7) is 6.13. The van der Waals surface area contributed by atoms with Gasteiger partial charge in [0.25, 0.3) is 0 Å². The van der Waals surface area contributed by atoms with Gasteiger partial charge in [-0.05, 0) is 23.8 Å². The number of benzene rings is 2. The number of hydrogen-bond donors (Lipinski definition) is 3. The number of nitrogens with two attached hydrogens (primary N) is 1. The van der Waals surface area contributed by atoms with E-state index in [1.165, 1.54) is 0 Å². The smallest absolute Gasteiger partial charge is 0.169 e. The summed E-state index contributed by atoms with van der Waals surface area (Å²) in [5, 5.41) is 15.8. The van der Waals surface area contributed by atoms with E-state index in [1.54, 1.807) is 30.7 Å². The molecule has 5 rings (SSSR count). The van der Waals surface area contributed by atoms with Crippen molar-refractivity contribution >= 4 is 11.6 Å². The Bertz CT molecular complexity index is 1410. The van der Waals surface area contributed by atoms with Gasteiger partial charge in [-0.15, -0.1) is 0 Å². The van der Waals surface area contributed by atoms with Gasteiger partial charge in [0.05, 0.1) is 35.9 Å². The predicted octanol–water partition coefficient (Wildman–Crippen LogP) is 2.95. The molecule has 0 amide bonds. The van der Waals surface area contributed by atoms with Gasteiger partial charge in [0.2, 0.25) is 0 Å². The number of piperazine rings is 1. The molecule has 4 aromatic rings. The number of nitrogens with one attached hydrogen (secondary N) is 2. The first-order chi connectivity index (χ1) is 18.7. The maximum absolute atomic E-state index is 9.18. The van der Waals surface area contributed by atoms with Crippen molar-refractivity contribution in [2.75, 3.05) is 50.4 Å². The first-order valence-electron chi connectivity index (χ1n) is 12.5. The lowest BCUT2D eigenvalue weighted by Gasteiger charge is -2.26. The van der Waals surface area contributed by atoms with E-state index in [-0.39, 0.29) is 0 Å². The fourth-order valence-electron chi connectivity index (χ4n) is 4.19. The summed E-state index contributed by atoms with van der Waals surface area (Å²) in [7, 11) is 0. The van der Waals surface area contributed by atoms with E-state index >= 15 is 0 Å². The molecule has 1 aliphatic heterocycles. The van der Waals surface area contributed by atoms with Crippen LogP contribution in [0.2, 0.25) is 0 Å². The van der Waals surface area contributed by atoms with Crippen molar-refractivity contribution in [3.63, 3.8) is 0 Å². The van der Waals surface area contributed by atoms with Crippen molar-refractivity contribution in [1.29, 1.82) is 5.26 Å². The monoisotopic (exact) mass is 507 g/mol. The van der Waals surface area contributed by atoms with Crippen LogP contribution in [0.5, 0.6) is 5.75 Å². The predicted molar refractivity (Wildman–Crippen MR) is 146 cm³/mol. The minimum Gasteiger partial charge on any atom is -0.489 e. The molecule has 1 aliphatic rings. The van der Waals surface area contributed by atoms with Crippen LogP contribution >= 0.6 is 0 Å². The molecule has 10 heteroatoms. The Hall–Kier alpha value is -4.59. The third kappa shape index (κ3) is 6.39. The Morgan fingerprint density at radius 1 is 1.00 bits per heavy atom. The molecule has 0 bridgehead atoms. The Morgan fingerprint density at radius 2 is 1.79 bits per heavy atom. The number of nitriles is 1. The summed E-state index contributed by atoms with van der Waals surface area (Å²) >= 11 is 0. The molecule has 3 heterocycles. The van der Waals surface area contributed by atoms with Gasteiger partial charge in [-0.3, -0.25) is 4.90 Å². The topological polar surface area (TPSA) is 138 Å². The first-order valence-corrected chi connectivity index (χ1v) is 12.5. The van der Waals surface area contributed by atoms with Crippen LogP contribution in [0.15, 0.2) is 67.1 Å². The Morgan fingerprint density at radius 3 is 2.61 bits per heavy atom. The molecule has 192 valence electrons. The summed E-state index contributed by atoms with van der Waals surface area (Å²) in [5.74, 6) is 2.07. The summed E-state index contributed by atoms with van der Waals surface area (Å²) in [6.07, 6.45) is 5.04. The molecule has 1 saturated heterocycles. The van der Waals surface area contributed by atoms with Gasteiger partial charge in [0.1, 0.15) is 6.61 Å². The molecular weight excluding hydrogens is 478 g/mol. The molecule has 2 aromatic carbocycles. The van der Waals surface area contributed by atoms with E-state index in [9.17, 15) is 5.26 Å². The Kier molecular flexibility index (Phi) is 7.98. The van der Waals surface area contributed by atoms with Crippen LogP contribution in [0.1, 0.15) is 11.1 Å². The van der Waals surface area contributed by atoms with E-state index in [0.717, 1.165) is 49.4 Å². The van der Waals surface area contributed by atoms with E-state index < -0.39 is 0 Å². The molecule has 0 unspecified atom stereocenters. The average molecular weight is 508 g/mol. The van der Waals surface area contributed by atoms with Crippen LogP contribution in [0.4, 0.5) is 11.6 Å². The number of hydrogen-bond acceptors (Lipinski definition) is 10. The minimum absolute atomic E-state index is 0.303. The van der Waals surface area contributed by atoms with E-state index in [4.69, 9.17) is 10.5 Å². The van der Waals surface area contributed by atoms with E-state index in [0.29, 0.717) is 47.6 Å². The highest BCUT2D eigenvalue weighted by atomic mass is 16.5.